The van der Waals surface area contributed by atoms with E-state index in [2.05, 4.69) is 10.0 Å². The molecule has 7 heteroatoms. The van der Waals surface area contributed by atoms with Crippen molar-refractivity contribution in [1.82, 2.24) is 10.0 Å². The van der Waals surface area contributed by atoms with Crippen LogP contribution in [0.4, 0.5) is 4.39 Å². The quantitative estimate of drug-likeness (QED) is 0.717. The van der Waals surface area contributed by atoms with E-state index >= 15 is 0 Å². The van der Waals surface area contributed by atoms with E-state index in [0.29, 0.717) is 30.4 Å². The molecule has 1 aliphatic rings. The van der Waals surface area contributed by atoms with Crippen molar-refractivity contribution >= 4 is 21.8 Å². The van der Waals surface area contributed by atoms with Crippen LogP contribution in [0.15, 0.2) is 23.1 Å². The van der Waals surface area contributed by atoms with Crippen LogP contribution in [0.3, 0.4) is 0 Å². The van der Waals surface area contributed by atoms with Crippen molar-refractivity contribution in [2.45, 2.75) is 30.3 Å². The summed E-state index contributed by atoms with van der Waals surface area (Å²) in [4.78, 5) is 0.118. The first-order valence-corrected chi connectivity index (χ1v) is 9.41. The van der Waals surface area contributed by atoms with Gasteiger partial charge in [0, 0.05) is 30.4 Å². The lowest BCUT2D eigenvalue weighted by Gasteiger charge is -2.09. The van der Waals surface area contributed by atoms with Gasteiger partial charge in [-0.25, -0.2) is 17.5 Å². The van der Waals surface area contributed by atoms with E-state index in [4.69, 9.17) is 0 Å². The van der Waals surface area contributed by atoms with Crippen LogP contribution in [0.1, 0.15) is 18.4 Å². The minimum Gasteiger partial charge on any atom is -0.310 e. The van der Waals surface area contributed by atoms with Crippen molar-refractivity contribution in [3.8, 4) is 0 Å². The molecule has 1 aromatic carbocycles. The summed E-state index contributed by atoms with van der Waals surface area (Å²) in [5.41, 5.74) is 0.393. The summed E-state index contributed by atoms with van der Waals surface area (Å²) in [6, 6.07) is 4.38. The number of hydrogen-bond donors (Lipinski definition) is 2. The Labute approximate surface area is 123 Å². The van der Waals surface area contributed by atoms with Crippen LogP contribution in [-0.4, -0.2) is 33.0 Å². The highest BCUT2D eigenvalue weighted by molar-refractivity contribution is 7.98. The van der Waals surface area contributed by atoms with E-state index < -0.39 is 10.0 Å². The van der Waals surface area contributed by atoms with Gasteiger partial charge in [-0.15, -0.1) is 0 Å². The van der Waals surface area contributed by atoms with E-state index in [1.165, 1.54) is 18.2 Å². The van der Waals surface area contributed by atoms with E-state index in [-0.39, 0.29) is 10.7 Å². The van der Waals surface area contributed by atoms with Crippen molar-refractivity contribution in [2.24, 2.45) is 0 Å². The molecule has 0 aliphatic heterocycles. The molecule has 0 aromatic heterocycles. The molecule has 20 heavy (non-hydrogen) atoms. The predicted molar refractivity (Wildman–Crippen MR) is 79.8 cm³/mol. The highest BCUT2D eigenvalue weighted by Gasteiger charge is 2.21. The maximum Gasteiger partial charge on any atom is 0.240 e. The van der Waals surface area contributed by atoms with Gasteiger partial charge in [0.1, 0.15) is 5.82 Å². The molecule has 0 heterocycles. The summed E-state index contributed by atoms with van der Waals surface area (Å²) in [5, 5.41) is 3.19. The maximum absolute atomic E-state index is 13.7. The molecular weight excluding hydrogens is 299 g/mol. The van der Waals surface area contributed by atoms with Gasteiger partial charge in [0.25, 0.3) is 0 Å². The highest BCUT2D eigenvalue weighted by Crippen LogP contribution is 2.21. The van der Waals surface area contributed by atoms with Crippen LogP contribution in [-0.2, 0) is 16.6 Å². The monoisotopic (exact) mass is 318 g/mol. The van der Waals surface area contributed by atoms with Crippen molar-refractivity contribution in [3.05, 3.63) is 29.6 Å². The molecule has 1 aromatic rings. The first-order valence-electron chi connectivity index (χ1n) is 6.53. The molecule has 1 aliphatic carbocycles. The summed E-state index contributed by atoms with van der Waals surface area (Å²) >= 11 is 1.56. The van der Waals surface area contributed by atoms with Crippen LogP contribution in [0, 0.1) is 5.82 Å². The summed E-state index contributed by atoms with van der Waals surface area (Å²) in [7, 11) is -3.55. The van der Waals surface area contributed by atoms with Gasteiger partial charge >= 0.3 is 0 Å². The van der Waals surface area contributed by atoms with Crippen LogP contribution in [0.2, 0.25) is 0 Å². The topological polar surface area (TPSA) is 58.2 Å². The first kappa shape index (κ1) is 15.8. The smallest absolute Gasteiger partial charge is 0.240 e. The SMILES string of the molecule is CSCCNS(=O)(=O)c1ccc(F)c(CNC2CC2)c1. The molecular formula is C13H19FN2O2S2. The normalized spacial score (nSPS) is 15.5. The Kier molecular flexibility index (Phi) is 5.42. The number of sulfonamides is 1. The Morgan fingerprint density at radius 1 is 1.40 bits per heavy atom. The Morgan fingerprint density at radius 2 is 2.15 bits per heavy atom. The minimum absolute atomic E-state index is 0.118. The molecule has 4 nitrogen and oxygen atoms in total. The fraction of sp³-hybridized carbons (Fsp3) is 0.538. The van der Waals surface area contributed by atoms with Crippen molar-refractivity contribution in [2.75, 3.05) is 18.6 Å². The molecule has 2 N–H and O–H groups in total. The molecule has 112 valence electrons. The number of thioether (sulfide) groups is 1. The molecule has 0 spiro atoms. The summed E-state index contributed by atoms with van der Waals surface area (Å²) in [6.07, 6.45) is 4.12. The van der Waals surface area contributed by atoms with Gasteiger partial charge < -0.3 is 5.32 Å². The lowest BCUT2D eigenvalue weighted by atomic mass is 10.2. The van der Waals surface area contributed by atoms with Crippen molar-refractivity contribution in [1.29, 1.82) is 0 Å². The van der Waals surface area contributed by atoms with Gasteiger partial charge in [0.05, 0.1) is 4.90 Å². The number of rotatable bonds is 8. The number of nitrogens with one attached hydrogen (secondary N) is 2. The third kappa shape index (κ3) is 4.44. The molecule has 0 unspecified atom stereocenters. The second-order valence-electron chi connectivity index (χ2n) is 4.80. The molecule has 2 rings (SSSR count). The second-order valence-corrected chi connectivity index (χ2v) is 7.55. The lowest BCUT2D eigenvalue weighted by molar-refractivity contribution is 0.576. The molecule has 0 atom stereocenters. The van der Waals surface area contributed by atoms with Crippen LogP contribution < -0.4 is 10.0 Å². The van der Waals surface area contributed by atoms with E-state index in [1.807, 2.05) is 6.26 Å². The average molecular weight is 318 g/mol. The van der Waals surface area contributed by atoms with Crippen molar-refractivity contribution < 1.29 is 12.8 Å². The minimum atomic E-state index is -3.55. The van der Waals surface area contributed by atoms with Crippen LogP contribution in [0.25, 0.3) is 0 Å². The third-order valence-electron chi connectivity index (χ3n) is 3.08. The third-order valence-corrected chi connectivity index (χ3v) is 5.16. The van der Waals surface area contributed by atoms with Crippen molar-refractivity contribution in [3.63, 3.8) is 0 Å². The predicted octanol–water partition coefficient (Wildman–Crippen LogP) is 1.72. The standard InChI is InChI=1S/C13H19FN2O2S2/c1-19-7-6-16-20(17,18)12-4-5-13(14)10(8-12)9-15-11-2-3-11/h4-5,8,11,15-16H,2-3,6-7,9H2,1H3. The summed E-state index contributed by atoms with van der Waals surface area (Å²) < 4.78 is 40.3. The fourth-order valence-electron chi connectivity index (χ4n) is 1.76. The Balaban J connectivity index is 2.08. The van der Waals surface area contributed by atoms with E-state index in [1.54, 1.807) is 11.8 Å². The maximum atomic E-state index is 13.7. The lowest BCUT2D eigenvalue weighted by Crippen LogP contribution is -2.26. The Hall–Kier alpha value is -0.630. The van der Waals surface area contributed by atoms with E-state index in [0.717, 1.165) is 12.8 Å². The number of hydrogen-bond acceptors (Lipinski definition) is 4. The molecule has 1 saturated carbocycles. The molecule has 1 fully saturated rings. The Morgan fingerprint density at radius 3 is 2.80 bits per heavy atom. The zero-order valence-electron chi connectivity index (χ0n) is 11.4. The number of halogens is 1. The molecule has 0 saturated heterocycles. The largest absolute Gasteiger partial charge is 0.310 e. The van der Waals surface area contributed by atoms with Gasteiger partial charge in [-0.3, -0.25) is 0 Å². The highest BCUT2D eigenvalue weighted by atomic mass is 32.2. The second kappa shape index (κ2) is 6.89. The van der Waals surface area contributed by atoms with Gasteiger partial charge in [0.2, 0.25) is 10.0 Å². The Bertz CT molecular complexity index is 559. The van der Waals surface area contributed by atoms with E-state index in [9.17, 15) is 12.8 Å². The average Bonchev–Trinajstić information content (AvgIpc) is 3.22. The van der Waals surface area contributed by atoms with Gasteiger partial charge in [0.15, 0.2) is 0 Å². The van der Waals surface area contributed by atoms with Crippen LogP contribution >= 0.6 is 11.8 Å². The zero-order chi connectivity index (χ0) is 14.6. The molecule has 0 amide bonds. The molecule has 0 radical (unpaired) electrons. The van der Waals surface area contributed by atoms with Gasteiger partial charge in [-0.05, 0) is 37.3 Å². The fourth-order valence-corrected chi connectivity index (χ4v) is 3.27. The first-order chi connectivity index (χ1) is 9.53. The van der Waals surface area contributed by atoms with Gasteiger partial charge in [-0.1, -0.05) is 0 Å². The number of benzene rings is 1. The summed E-state index contributed by atoms with van der Waals surface area (Å²) in [5.74, 6) is 0.331. The van der Waals surface area contributed by atoms with Crippen LogP contribution in [0.5, 0.6) is 0 Å². The van der Waals surface area contributed by atoms with Gasteiger partial charge in [-0.2, -0.15) is 11.8 Å². The zero-order valence-corrected chi connectivity index (χ0v) is 13.0. The molecule has 0 bridgehead atoms. The summed E-state index contributed by atoms with van der Waals surface area (Å²) in [6.45, 7) is 0.737.